The topological polar surface area (TPSA) is 45.2 Å². The number of carbonyl (C=O) groups excluding carboxylic acids is 1. The van der Waals surface area contributed by atoms with Crippen molar-refractivity contribution in [2.75, 3.05) is 51.3 Å². The molecule has 4 rings (SSSR count). The fraction of sp³-hybridized carbons (Fsp3) is 0.536. The van der Waals surface area contributed by atoms with Crippen LogP contribution in [-0.4, -0.2) is 68.2 Å². The fourth-order valence-electron chi connectivity index (χ4n) is 5.27. The second-order valence-corrected chi connectivity index (χ2v) is 10.2. The molecule has 1 amide bonds. The molecule has 2 fully saturated rings. The molecule has 2 aliphatic heterocycles. The normalized spacial score (nSPS) is 18.5. The van der Waals surface area contributed by atoms with Crippen molar-refractivity contribution in [1.29, 1.82) is 0 Å². The highest BCUT2D eigenvalue weighted by molar-refractivity contribution is 6.32. The predicted molar refractivity (Wildman–Crippen MR) is 142 cm³/mol. The van der Waals surface area contributed by atoms with Gasteiger partial charge in [0.1, 0.15) is 17.6 Å². The molecule has 0 aliphatic carbocycles. The monoisotopic (exact) mass is 499 g/mol. The molecule has 2 saturated heterocycles. The van der Waals surface area contributed by atoms with E-state index >= 15 is 0 Å². The quantitative estimate of drug-likeness (QED) is 0.544. The number of piperidine rings is 1. The van der Waals surface area contributed by atoms with Crippen molar-refractivity contribution >= 4 is 23.2 Å². The van der Waals surface area contributed by atoms with Gasteiger partial charge in [-0.05, 0) is 55.7 Å². The van der Waals surface area contributed by atoms with Crippen molar-refractivity contribution in [3.63, 3.8) is 0 Å². The molecule has 2 aromatic carbocycles. The Labute approximate surface area is 214 Å². The molecule has 0 spiro atoms. The Morgan fingerprint density at radius 2 is 1.66 bits per heavy atom. The van der Waals surface area contributed by atoms with Gasteiger partial charge in [-0.25, -0.2) is 0 Å². The number of halogens is 1. The maximum absolute atomic E-state index is 11.6. The number of hydrogen-bond donors (Lipinski definition) is 0. The first-order valence-corrected chi connectivity index (χ1v) is 13.0. The van der Waals surface area contributed by atoms with Gasteiger partial charge < -0.3 is 19.3 Å². The Balaban J connectivity index is 1.37. The van der Waals surface area contributed by atoms with E-state index in [1.54, 1.807) is 14.0 Å². The summed E-state index contributed by atoms with van der Waals surface area (Å²) in [7, 11) is 1.66. The van der Waals surface area contributed by atoms with Crippen molar-refractivity contribution in [2.24, 2.45) is 0 Å². The van der Waals surface area contributed by atoms with Gasteiger partial charge in [0.15, 0.2) is 0 Å². The van der Waals surface area contributed by atoms with E-state index < -0.39 is 0 Å². The molecule has 0 radical (unpaired) electrons. The third-order valence-corrected chi connectivity index (χ3v) is 8.08. The molecule has 1 unspecified atom stereocenters. The van der Waals surface area contributed by atoms with Crippen LogP contribution in [0.2, 0.25) is 5.02 Å². The molecule has 35 heavy (non-hydrogen) atoms. The van der Waals surface area contributed by atoms with E-state index in [1.807, 2.05) is 17.0 Å². The van der Waals surface area contributed by atoms with Crippen LogP contribution in [0.3, 0.4) is 0 Å². The minimum absolute atomic E-state index is 0.155. The van der Waals surface area contributed by atoms with Gasteiger partial charge in [-0.2, -0.15) is 0 Å². The highest BCUT2D eigenvalue weighted by Crippen LogP contribution is 2.34. The molecular formula is C28H38ClN3O3. The highest BCUT2D eigenvalue weighted by atomic mass is 35.5. The summed E-state index contributed by atoms with van der Waals surface area (Å²) in [6, 6.07) is 10.7. The molecule has 2 aromatic rings. The predicted octanol–water partition coefficient (Wildman–Crippen LogP) is 5.24. The molecule has 0 N–H and O–H groups in total. The van der Waals surface area contributed by atoms with Crippen LogP contribution in [0, 0.1) is 13.8 Å². The number of piperazine rings is 1. The van der Waals surface area contributed by atoms with E-state index in [0.29, 0.717) is 11.1 Å². The minimum atomic E-state index is 0.155. The smallest absolute Gasteiger partial charge is 0.219 e. The summed E-state index contributed by atoms with van der Waals surface area (Å²) in [6.07, 6.45) is 1.95. The van der Waals surface area contributed by atoms with Crippen molar-refractivity contribution in [1.82, 2.24) is 9.80 Å². The maximum atomic E-state index is 11.6. The molecule has 2 aliphatic rings. The minimum Gasteiger partial charge on any atom is -0.495 e. The summed E-state index contributed by atoms with van der Waals surface area (Å²) >= 11 is 6.20. The highest BCUT2D eigenvalue weighted by Gasteiger charge is 2.26. The van der Waals surface area contributed by atoms with Crippen molar-refractivity contribution < 1.29 is 14.3 Å². The number of carbonyl (C=O) groups is 1. The molecule has 0 bridgehead atoms. The van der Waals surface area contributed by atoms with Gasteiger partial charge in [0.25, 0.3) is 0 Å². The number of nitrogens with zero attached hydrogens (tertiary/aromatic N) is 3. The average Bonchev–Trinajstić information content (AvgIpc) is 2.87. The van der Waals surface area contributed by atoms with Crippen LogP contribution in [0.15, 0.2) is 30.3 Å². The van der Waals surface area contributed by atoms with Crippen LogP contribution in [-0.2, 0) is 4.79 Å². The lowest BCUT2D eigenvalue weighted by Gasteiger charge is -2.40. The van der Waals surface area contributed by atoms with Crippen LogP contribution >= 0.6 is 11.6 Å². The SMILES string of the molecule is COc1cc(N2CCN(C(C)c3ccc(OC4CCN(C(C)=O)CC4)c(C)c3C)CC2)ccc1Cl. The zero-order valence-corrected chi connectivity index (χ0v) is 22.4. The zero-order valence-electron chi connectivity index (χ0n) is 21.6. The number of hydrogen-bond acceptors (Lipinski definition) is 5. The third-order valence-electron chi connectivity index (χ3n) is 7.77. The Bertz CT molecular complexity index is 1040. The van der Waals surface area contributed by atoms with E-state index in [-0.39, 0.29) is 12.0 Å². The first-order valence-electron chi connectivity index (χ1n) is 12.6. The van der Waals surface area contributed by atoms with Crippen LogP contribution in [0.5, 0.6) is 11.5 Å². The van der Waals surface area contributed by atoms with Crippen LogP contribution in [0.1, 0.15) is 49.4 Å². The number of amides is 1. The molecule has 2 heterocycles. The lowest BCUT2D eigenvalue weighted by Crippen LogP contribution is -2.47. The number of methoxy groups -OCH3 is 1. The Morgan fingerprint density at radius 1 is 0.971 bits per heavy atom. The van der Waals surface area contributed by atoms with E-state index in [2.05, 4.69) is 48.8 Å². The van der Waals surface area contributed by atoms with Gasteiger partial charge in [-0.15, -0.1) is 0 Å². The van der Waals surface area contributed by atoms with E-state index in [9.17, 15) is 4.79 Å². The molecule has 7 heteroatoms. The summed E-state index contributed by atoms with van der Waals surface area (Å²) < 4.78 is 11.8. The average molecular weight is 500 g/mol. The Morgan fingerprint density at radius 3 is 2.29 bits per heavy atom. The fourth-order valence-corrected chi connectivity index (χ4v) is 5.47. The van der Waals surface area contributed by atoms with Gasteiger partial charge in [0, 0.05) is 76.8 Å². The molecule has 190 valence electrons. The molecule has 0 saturated carbocycles. The number of benzene rings is 2. The summed E-state index contributed by atoms with van der Waals surface area (Å²) in [5, 5.41) is 0.642. The van der Waals surface area contributed by atoms with Crippen molar-refractivity contribution in [2.45, 2.75) is 52.7 Å². The number of ether oxygens (including phenoxy) is 2. The number of rotatable bonds is 6. The summed E-state index contributed by atoms with van der Waals surface area (Å²) in [5.74, 6) is 1.85. The zero-order chi connectivity index (χ0) is 25.1. The molecule has 6 nitrogen and oxygen atoms in total. The van der Waals surface area contributed by atoms with Crippen LogP contribution < -0.4 is 14.4 Å². The molecular weight excluding hydrogens is 462 g/mol. The van der Waals surface area contributed by atoms with Crippen LogP contribution in [0.25, 0.3) is 0 Å². The van der Waals surface area contributed by atoms with Gasteiger partial charge >= 0.3 is 0 Å². The van der Waals surface area contributed by atoms with Gasteiger partial charge in [-0.3, -0.25) is 9.69 Å². The standard InChI is InChI=1S/C28H38ClN3O3/c1-19-20(2)27(35-24-10-12-31(13-11-24)22(4)33)9-7-25(19)21(3)30-14-16-32(17-15-30)23-6-8-26(29)28(18-23)34-5/h6-9,18,21,24H,10-17H2,1-5H3. The first kappa shape index (κ1) is 25.6. The van der Waals surface area contributed by atoms with E-state index in [4.69, 9.17) is 21.1 Å². The second kappa shape index (κ2) is 11.1. The lowest BCUT2D eigenvalue weighted by atomic mass is 9.96. The van der Waals surface area contributed by atoms with E-state index in [0.717, 1.165) is 69.3 Å². The molecule has 0 aromatic heterocycles. The summed E-state index contributed by atoms with van der Waals surface area (Å²) in [6.45, 7) is 13.8. The van der Waals surface area contributed by atoms with Gasteiger partial charge in [0.2, 0.25) is 5.91 Å². The Hall–Kier alpha value is -2.44. The summed E-state index contributed by atoms with van der Waals surface area (Å²) in [5.41, 5.74) is 5.04. The van der Waals surface area contributed by atoms with Crippen molar-refractivity contribution in [3.05, 3.63) is 52.0 Å². The van der Waals surface area contributed by atoms with Gasteiger partial charge in [-0.1, -0.05) is 17.7 Å². The number of likely N-dealkylation sites (tertiary alicyclic amines) is 1. The van der Waals surface area contributed by atoms with Crippen molar-refractivity contribution in [3.8, 4) is 11.5 Å². The van der Waals surface area contributed by atoms with E-state index in [1.165, 1.54) is 16.7 Å². The first-order chi connectivity index (χ1) is 16.8. The lowest BCUT2D eigenvalue weighted by molar-refractivity contribution is -0.130. The maximum Gasteiger partial charge on any atom is 0.219 e. The second-order valence-electron chi connectivity index (χ2n) is 9.74. The Kier molecular flexibility index (Phi) is 8.12. The van der Waals surface area contributed by atoms with Gasteiger partial charge in [0.05, 0.1) is 12.1 Å². The number of anilines is 1. The molecule has 1 atom stereocenters. The third kappa shape index (κ3) is 5.70. The largest absolute Gasteiger partial charge is 0.495 e. The summed E-state index contributed by atoms with van der Waals surface area (Å²) in [4.78, 5) is 18.5. The van der Waals surface area contributed by atoms with Crippen LogP contribution in [0.4, 0.5) is 5.69 Å².